The Morgan fingerprint density at radius 1 is 1.50 bits per heavy atom. The fourth-order valence-corrected chi connectivity index (χ4v) is 1.67. The van der Waals surface area contributed by atoms with Crippen LogP contribution in [0.3, 0.4) is 0 Å². The summed E-state index contributed by atoms with van der Waals surface area (Å²) >= 11 is 3.46. The van der Waals surface area contributed by atoms with Crippen molar-refractivity contribution >= 4 is 22.0 Å². The van der Waals surface area contributed by atoms with E-state index in [1.807, 2.05) is 6.07 Å². The Morgan fingerprint density at radius 2 is 2.29 bits per heavy atom. The summed E-state index contributed by atoms with van der Waals surface area (Å²) < 4.78 is 1.13. The molecule has 0 atom stereocenters. The molecule has 0 radical (unpaired) electrons. The highest BCUT2D eigenvalue weighted by Crippen LogP contribution is 2.13. The first kappa shape index (κ1) is 11.5. The van der Waals surface area contributed by atoms with Gasteiger partial charge in [-0.1, -0.05) is 46.6 Å². The monoisotopic (exact) mass is 253 g/mol. The van der Waals surface area contributed by atoms with Crippen LogP contribution >= 0.6 is 15.9 Å². The molecule has 14 heavy (non-hydrogen) atoms. The Morgan fingerprint density at radius 3 is 2.93 bits per heavy atom. The van der Waals surface area contributed by atoms with E-state index in [2.05, 4.69) is 59.4 Å². The molecule has 0 spiro atoms. The molecule has 0 saturated heterocycles. The lowest BCUT2D eigenvalue weighted by Crippen LogP contribution is -2.14. The van der Waals surface area contributed by atoms with Crippen molar-refractivity contribution in [3.05, 3.63) is 39.9 Å². The van der Waals surface area contributed by atoms with Gasteiger partial charge >= 0.3 is 0 Å². The Labute approximate surface area is 94.3 Å². The number of rotatable bonds is 4. The lowest BCUT2D eigenvalue weighted by Gasteiger charge is -2.02. The number of halogens is 1. The van der Waals surface area contributed by atoms with Crippen LogP contribution in [0.2, 0.25) is 0 Å². The first-order valence-corrected chi connectivity index (χ1v) is 5.65. The van der Waals surface area contributed by atoms with Crippen molar-refractivity contribution in [3.63, 3.8) is 0 Å². The van der Waals surface area contributed by atoms with Crippen LogP contribution in [0.1, 0.15) is 19.4 Å². The van der Waals surface area contributed by atoms with Gasteiger partial charge in [0.15, 0.2) is 0 Å². The van der Waals surface area contributed by atoms with E-state index in [9.17, 15) is 0 Å². The van der Waals surface area contributed by atoms with Crippen molar-refractivity contribution < 1.29 is 0 Å². The van der Waals surface area contributed by atoms with Gasteiger partial charge in [0.2, 0.25) is 0 Å². The number of hydrogen-bond donors (Lipinski definition) is 1. The largest absolute Gasteiger partial charge is 0.313 e. The first-order valence-electron chi connectivity index (χ1n) is 4.86. The van der Waals surface area contributed by atoms with Crippen molar-refractivity contribution in [1.82, 2.24) is 5.32 Å². The molecule has 1 rings (SSSR count). The van der Waals surface area contributed by atoms with Crippen LogP contribution in [0.4, 0.5) is 0 Å². The average Bonchev–Trinajstić information content (AvgIpc) is 2.15. The van der Waals surface area contributed by atoms with Gasteiger partial charge in [0.25, 0.3) is 0 Å². The smallest absolute Gasteiger partial charge is 0.0181 e. The zero-order valence-corrected chi connectivity index (χ0v) is 10.3. The maximum atomic E-state index is 3.46. The molecule has 0 unspecified atom stereocenters. The zero-order chi connectivity index (χ0) is 10.4. The standard InChI is InChI=1S/C12H16BrN/c1-3-14-9-10(2)7-11-5-4-6-12(13)8-11/h4-8,14H,3,9H2,1-2H3. The minimum atomic E-state index is 0.961. The fraction of sp³-hybridized carbons (Fsp3) is 0.333. The van der Waals surface area contributed by atoms with Gasteiger partial charge in [0.05, 0.1) is 0 Å². The van der Waals surface area contributed by atoms with Crippen LogP contribution in [0.25, 0.3) is 6.08 Å². The van der Waals surface area contributed by atoms with Gasteiger partial charge in [0.1, 0.15) is 0 Å². The Balaban J connectivity index is 2.66. The van der Waals surface area contributed by atoms with Gasteiger partial charge in [-0.3, -0.25) is 0 Å². The highest BCUT2D eigenvalue weighted by Gasteiger charge is 1.92. The van der Waals surface area contributed by atoms with E-state index in [4.69, 9.17) is 0 Å². The molecule has 0 saturated carbocycles. The van der Waals surface area contributed by atoms with Gasteiger partial charge in [-0.25, -0.2) is 0 Å². The first-order chi connectivity index (χ1) is 6.72. The summed E-state index contributed by atoms with van der Waals surface area (Å²) in [6.07, 6.45) is 2.20. The van der Waals surface area contributed by atoms with Crippen LogP contribution in [-0.2, 0) is 0 Å². The molecule has 0 aromatic heterocycles. The normalized spacial score (nSPS) is 11.8. The number of nitrogens with one attached hydrogen (secondary N) is 1. The molecule has 76 valence electrons. The van der Waals surface area contributed by atoms with Gasteiger partial charge in [0, 0.05) is 11.0 Å². The fourth-order valence-electron chi connectivity index (χ4n) is 1.25. The average molecular weight is 254 g/mol. The third-order valence-electron chi connectivity index (χ3n) is 1.92. The number of hydrogen-bond acceptors (Lipinski definition) is 1. The van der Waals surface area contributed by atoms with Crippen molar-refractivity contribution in [2.75, 3.05) is 13.1 Å². The molecule has 0 aliphatic rings. The molecule has 0 amide bonds. The van der Waals surface area contributed by atoms with Crippen molar-refractivity contribution in [1.29, 1.82) is 0 Å². The Hall–Kier alpha value is -0.600. The summed E-state index contributed by atoms with van der Waals surface area (Å²) in [7, 11) is 0. The van der Waals surface area contributed by atoms with E-state index in [1.54, 1.807) is 0 Å². The van der Waals surface area contributed by atoms with Crippen LogP contribution in [-0.4, -0.2) is 13.1 Å². The van der Waals surface area contributed by atoms with E-state index in [0.29, 0.717) is 0 Å². The highest BCUT2D eigenvalue weighted by atomic mass is 79.9. The summed E-state index contributed by atoms with van der Waals surface area (Å²) in [4.78, 5) is 0. The molecule has 1 N–H and O–H groups in total. The van der Waals surface area contributed by atoms with Crippen LogP contribution < -0.4 is 5.32 Å². The quantitative estimate of drug-likeness (QED) is 0.867. The SMILES string of the molecule is CCNCC(C)=Cc1cccc(Br)c1. The second-order valence-corrected chi connectivity index (χ2v) is 4.24. The van der Waals surface area contributed by atoms with E-state index in [0.717, 1.165) is 17.6 Å². The molecule has 0 aliphatic heterocycles. The summed E-state index contributed by atoms with van der Waals surface area (Å²) in [5, 5.41) is 3.30. The molecule has 1 nitrogen and oxygen atoms in total. The van der Waals surface area contributed by atoms with Gasteiger partial charge in [-0.2, -0.15) is 0 Å². The third kappa shape index (κ3) is 4.07. The van der Waals surface area contributed by atoms with E-state index < -0.39 is 0 Å². The molecular formula is C12H16BrN. The van der Waals surface area contributed by atoms with Crippen molar-refractivity contribution in [3.8, 4) is 0 Å². The van der Waals surface area contributed by atoms with Gasteiger partial charge < -0.3 is 5.32 Å². The molecule has 0 aliphatic carbocycles. The molecular weight excluding hydrogens is 238 g/mol. The summed E-state index contributed by atoms with van der Waals surface area (Å²) in [6.45, 7) is 6.24. The molecule has 0 fully saturated rings. The topological polar surface area (TPSA) is 12.0 Å². The lowest BCUT2D eigenvalue weighted by atomic mass is 10.1. The maximum Gasteiger partial charge on any atom is 0.0181 e. The number of likely N-dealkylation sites (N-methyl/N-ethyl adjacent to an activating group) is 1. The molecule has 0 bridgehead atoms. The molecule has 1 aromatic carbocycles. The van der Waals surface area contributed by atoms with E-state index >= 15 is 0 Å². The zero-order valence-electron chi connectivity index (χ0n) is 8.68. The van der Waals surface area contributed by atoms with E-state index in [-0.39, 0.29) is 0 Å². The second kappa shape index (κ2) is 5.99. The van der Waals surface area contributed by atoms with Crippen molar-refractivity contribution in [2.45, 2.75) is 13.8 Å². The van der Waals surface area contributed by atoms with Gasteiger partial charge in [-0.15, -0.1) is 0 Å². The minimum absolute atomic E-state index is 0.961. The second-order valence-electron chi connectivity index (χ2n) is 3.33. The van der Waals surface area contributed by atoms with Crippen LogP contribution in [0.5, 0.6) is 0 Å². The van der Waals surface area contributed by atoms with Crippen molar-refractivity contribution in [2.24, 2.45) is 0 Å². The summed E-state index contributed by atoms with van der Waals surface area (Å²) in [5.41, 5.74) is 2.60. The summed E-state index contributed by atoms with van der Waals surface area (Å²) in [6, 6.07) is 8.32. The third-order valence-corrected chi connectivity index (χ3v) is 2.41. The lowest BCUT2D eigenvalue weighted by molar-refractivity contribution is 0.778. The van der Waals surface area contributed by atoms with Crippen LogP contribution in [0, 0.1) is 0 Å². The molecule has 1 aromatic rings. The van der Waals surface area contributed by atoms with Crippen LogP contribution in [0.15, 0.2) is 34.3 Å². The highest BCUT2D eigenvalue weighted by molar-refractivity contribution is 9.10. The summed E-state index contributed by atoms with van der Waals surface area (Å²) in [5.74, 6) is 0. The molecule has 2 heteroatoms. The Bertz CT molecular complexity index is 318. The Kier molecular flexibility index (Phi) is 4.91. The minimum Gasteiger partial charge on any atom is -0.313 e. The maximum absolute atomic E-state index is 3.46. The van der Waals surface area contributed by atoms with E-state index in [1.165, 1.54) is 11.1 Å². The number of benzene rings is 1. The van der Waals surface area contributed by atoms with Gasteiger partial charge in [-0.05, 0) is 31.2 Å². The predicted octanol–water partition coefficient (Wildman–Crippen LogP) is 3.46. The molecule has 0 heterocycles. The predicted molar refractivity (Wildman–Crippen MR) is 66.3 cm³/mol.